The van der Waals surface area contributed by atoms with E-state index in [1.54, 1.807) is 7.05 Å². The smallest absolute Gasteiger partial charge is 0.409 e. The van der Waals surface area contributed by atoms with Crippen LogP contribution in [0.2, 0.25) is 0 Å². The molecule has 1 aromatic carbocycles. The molecule has 4 amide bonds. The number of likely N-dealkylation sites (N-methyl/N-ethyl adjacent to an activating group) is 2. The molecule has 1 heterocycles. The number of carboxylic acids is 1. The lowest BCUT2D eigenvalue weighted by molar-refractivity contribution is -0.255. The Bertz CT molecular complexity index is 1110. The molecular weight excluding hydrogens is 544 g/mol. The summed E-state index contributed by atoms with van der Waals surface area (Å²) in [5.74, 6) is -3.28. The molecule has 15 nitrogen and oxygen atoms in total. The van der Waals surface area contributed by atoms with Crippen LogP contribution >= 0.6 is 0 Å². The number of carbonyl (C=O) groups is 5. The van der Waals surface area contributed by atoms with Crippen LogP contribution in [0.25, 0.3) is 0 Å². The monoisotopic (exact) mass is 582 g/mol. The van der Waals surface area contributed by atoms with E-state index in [-0.39, 0.29) is 49.4 Å². The highest BCUT2D eigenvalue weighted by Gasteiger charge is 2.46. The largest absolute Gasteiger partial charge is 0.479 e. The van der Waals surface area contributed by atoms with E-state index >= 15 is 0 Å². The van der Waals surface area contributed by atoms with Gasteiger partial charge < -0.3 is 50.0 Å². The number of anilines is 1. The normalized spacial score (nSPS) is 21.8. The lowest BCUT2D eigenvalue weighted by atomic mass is 9.90. The maximum absolute atomic E-state index is 12.6. The van der Waals surface area contributed by atoms with Gasteiger partial charge in [0.25, 0.3) is 0 Å². The predicted molar refractivity (Wildman–Crippen MR) is 143 cm³/mol. The van der Waals surface area contributed by atoms with Gasteiger partial charge in [-0.25, -0.2) is 9.59 Å². The number of nitrogens with one attached hydrogen (secondary N) is 2. The van der Waals surface area contributed by atoms with Crippen molar-refractivity contribution in [3.8, 4) is 5.75 Å². The Morgan fingerprint density at radius 1 is 1.02 bits per heavy atom. The Kier molecular flexibility index (Phi) is 12.3. The topological polar surface area (TPSA) is 204 Å². The zero-order chi connectivity index (χ0) is 30.9. The Morgan fingerprint density at radius 2 is 1.68 bits per heavy atom. The van der Waals surface area contributed by atoms with Crippen LogP contribution in [0, 0.1) is 5.92 Å². The quantitative estimate of drug-likeness (QED) is 0.217. The average molecular weight is 583 g/mol. The van der Waals surface area contributed by atoms with Gasteiger partial charge in [0.15, 0.2) is 6.10 Å². The molecule has 5 N–H and O–H groups in total. The number of ether oxygens (including phenoxy) is 3. The highest BCUT2D eigenvalue weighted by Crippen LogP contribution is 2.32. The highest BCUT2D eigenvalue weighted by molar-refractivity contribution is 5.92. The average Bonchev–Trinajstić information content (AvgIpc) is 2.90. The highest BCUT2D eigenvalue weighted by atomic mass is 16.7. The fourth-order valence-corrected chi connectivity index (χ4v) is 3.69. The molecule has 0 radical (unpaired) electrons. The van der Waals surface area contributed by atoms with Crippen molar-refractivity contribution in [2.24, 2.45) is 5.92 Å². The van der Waals surface area contributed by atoms with Crippen molar-refractivity contribution in [3.63, 3.8) is 0 Å². The minimum absolute atomic E-state index is 0.00844. The number of hydrogen-bond donors (Lipinski definition) is 5. The zero-order valence-electron chi connectivity index (χ0n) is 23.7. The summed E-state index contributed by atoms with van der Waals surface area (Å²) >= 11 is 0. The maximum Gasteiger partial charge on any atom is 0.409 e. The van der Waals surface area contributed by atoms with Crippen molar-refractivity contribution < 1.29 is 53.5 Å². The summed E-state index contributed by atoms with van der Waals surface area (Å²) in [6.45, 7) is 4.61. The fraction of sp³-hybridized carbons (Fsp3) is 0.577. The summed E-state index contributed by atoms with van der Waals surface area (Å²) in [6, 6.07) is 4.41. The molecule has 41 heavy (non-hydrogen) atoms. The third-order valence-electron chi connectivity index (χ3n) is 6.46. The van der Waals surface area contributed by atoms with Crippen LogP contribution in [0.1, 0.15) is 32.8 Å². The van der Waals surface area contributed by atoms with Crippen molar-refractivity contribution in [3.05, 3.63) is 23.8 Å². The Balaban J connectivity index is 2.19. The van der Waals surface area contributed by atoms with Crippen molar-refractivity contribution in [1.82, 2.24) is 15.1 Å². The van der Waals surface area contributed by atoms with E-state index in [4.69, 9.17) is 14.2 Å². The molecule has 0 bridgehead atoms. The second-order valence-corrected chi connectivity index (χ2v) is 9.75. The van der Waals surface area contributed by atoms with Gasteiger partial charge in [-0.3, -0.25) is 14.4 Å². The van der Waals surface area contributed by atoms with E-state index in [9.17, 15) is 39.3 Å². The first-order valence-electron chi connectivity index (χ1n) is 12.9. The molecule has 0 aliphatic carbocycles. The Labute approximate surface area is 237 Å². The van der Waals surface area contributed by atoms with Crippen LogP contribution in [-0.4, -0.2) is 113 Å². The van der Waals surface area contributed by atoms with Crippen molar-refractivity contribution in [1.29, 1.82) is 0 Å². The van der Waals surface area contributed by atoms with E-state index in [1.165, 1.54) is 55.8 Å². The van der Waals surface area contributed by atoms with E-state index in [1.807, 2.05) is 0 Å². The molecule has 15 heteroatoms. The van der Waals surface area contributed by atoms with Crippen LogP contribution in [0.15, 0.2) is 18.2 Å². The maximum atomic E-state index is 12.6. The molecule has 1 saturated heterocycles. The lowest BCUT2D eigenvalue weighted by Gasteiger charge is -2.39. The third kappa shape index (κ3) is 9.88. The van der Waals surface area contributed by atoms with Gasteiger partial charge >= 0.3 is 12.1 Å². The van der Waals surface area contributed by atoms with E-state index < -0.39 is 48.5 Å². The summed E-state index contributed by atoms with van der Waals surface area (Å²) in [7, 11) is 3.13. The first-order valence-corrected chi connectivity index (χ1v) is 12.9. The minimum Gasteiger partial charge on any atom is -0.479 e. The second-order valence-electron chi connectivity index (χ2n) is 9.75. The predicted octanol–water partition coefficient (Wildman–Crippen LogP) is -0.256. The van der Waals surface area contributed by atoms with Crippen LogP contribution in [-0.2, 0) is 35.3 Å². The number of benzene rings is 1. The van der Waals surface area contributed by atoms with Gasteiger partial charge in [-0.2, -0.15) is 0 Å². The number of amides is 4. The molecule has 1 aliphatic heterocycles. The number of rotatable bonds is 12. The Hall–Kier alpha value is -3.95. The summed E-state index contributed by atoms with van der Waals surface area (Å²) in [5.41, 5.74) is 0.554. The van der Waals surface area contributed by atoms with Crippen molar-refractivity contribution >= 4 is 35.5 Å². The van der Waals surface area contributed by atoms with Crippen LogP contribution in [0.3, 0.4) is 0 Å². The number of nitrogens with zero attached hydrogens (tertiary/aromatic N) is 2. The first kappa shape index (κ1) is 33.3. The van der Waals surface area contributed by atoms with Gasteiger partial charge in [0, 0.05) is 59.9 Å². The van der Waals surface area contributed by atoms with Gasteiger partial charge in [-0.15, -0.1) is 0 Å². The molecule has 1 aliphatic rings. The second kappa shape index (κ2) is 15.2. The number of carbonyl (C=O) groups excluding carboxylic acids is 4. The molecular formula is C26H38N4O11. The molecule has 0 spiro atoms. The van der Waals surface area contributed by atoms with Gasteiger partial charge in [0.1, 0.15) is 18.5 Å². The van der Waals surface area contributed by atoms with Crippen LogP contribution < -0.4 is 15.4 Å². The number of hydrogen-bond acceptors (Lipinski definition) is 10. The zero-order valence-corrected chi connectivity index (χ0v) is 23.7. The SMILES string of the molecule is CC(=O)NCCC(=O)Nc1cc(COC(=O)N(C)CCN(C)C(C)=O)ccc1O[C@@H]1O[C@H](C(=O)O)[C@@H](O)[C@H](C)[C@H]1O. The molecule has 1 aromatic rings. The van der Waals surface area contributed by atoms with Crippen molar-refractivity contribution in [2.45, 2.75) is 58.4 Å². The summed E-state index contributed by atoms with van der Waals surface area (Å²) in [5, 5.41) is 35.2. The molecule has 228 valence electrons. The number of aliphatic hydroxyl groups is 2. The fourth-order valence-electron chi connectivity index (χ4n) is 3.69. The summed E-state index contributed by atoms with van der Waals surface area (Å²) in [6.07, 6.45) is -6.75. The van der Waals surface area contributed by atoms with Gasteiger partial charge in [0.05, 0.1) is 11.8 Å². The van der Waals surface area contributed by atoms with E-state index in [2.05, 4.69) is 10.6 Å². The lowest BCUT2D eigenvalue weighted by Crippen LogP contribution is -2.57. The summed E-state index contributed by atoms with van der Waals surface area (Å²) < 4.78 is 16.4. The molecule has 1 fully saturated rings. The standard InChI is InChI=1S/C26H38N4O11/c1-14-21(34)23(24(36)37)41-25(22(14)35)40-19-7-6-17(12-18(19)28-20(33)8-9-27-15(2)31)13-39-26(38)30(5)11-10-29(4)16(3)32/h6-7,12,14,21-23,25,34-35H,8-11,13H2,1-5H3,(H,27,31)(H,28,33)(H,36,37)/t14-,21-,22+,23-,25+/m0/s1. The summed E-state index contributed by atoms with van der Waals surface area (Å²) in [4.78, 5) is 61.7. The van der Waals surface area contributed by atoms with Crippen LogP contribution in [0.5, 0.6) is 5.75 Å². The number of aliphatic carboxylic acids is 1. The van der Waals surface area contributed by atoms with Gasteiger partial charge in [-0.1, -0.05) is 13.0 Å². The number of carboxylic acid groups (broad SMARTS) is 1. The minimum atomic E-state index is -1.65. The van der Waals surface area contributed by atoms with Gasteiger partial charge in [0.2, 0.25) is 24.0 Å². The number of aliphatic hydroxyl groups excluding tert-OH is 2. The van der Waals surface area contributed by atoms with Crippen molar-refractivity contribution in [2.75, 3.05) is 39.0 Å². The molecule has 0 unspecified atom stereocenters. The third-order valence-corrected chi connectivity index (χ3v) is 6.46. The van der Waals surface area contributed by atoms with E-state index in [0.717, 1.165) is 0 Å². The molecule has 0 aromatic heterocycles. The Morgan fingerprint density at radius 3 is 2.29 bits per heavy atom. The van der Waals surface area contributed by atoms with E-state index in [0.29, 0.717) is 12.1 Å². The molecule has 2 rings (SSSR count). The first-order chi connectivity index (χ1) is 19.2. The molecule has 5 atom stereocenters. The van der Waals surface area contributed by atoms with Gasteiger partial charge in [-0.05, 0) is 17.7 Å². The van der Waals surface area contributed by atoms with Crippen LogP contribution in [0.4, 0.5) is 10.5 Å². The molecule has 0 saturated carbocycles.